The van der Waals surface area contributed by atoms with Gasteiger partial charge >= 0.3 is 0 Å². The van der Waals surface area contributed by atoms with Crippen LogP contribution in [-0.4, -0.2) is 44.8 Å². The van der Waals surface area contributed by atoms with Crippen LogP contribution < -0.4 is 0 Å². The molecule has 0 amide bonds. The van der Waals surface area contributed by atoms with Gasteiger partial charge in [0.05, 0.1) is 11.9 Å². The highest BCUT2D eigenvalue weighted by atomic mass is 16.1. The number of likely N-dealkylation sites (tertiary alicyclic amines) is 1. The summed E-state index contributed by atoms with van der Waals surface area (Å²) >= 11 is 0. The maximum atomic E-state index is 12.8. The zero-order chi connectivity index (χ0) is 19.6. The molecule has 0 atom stereocenters. The molecule has 5 rings (SSSR count). The summed E-state index contributed by atoms with van der Waals surface area (Å²) < 4.78 is 0. The Labute approximate surface area is 171 Å². The van der Waals surface area contributed by atoms with E-state index in [4.69, 9.17) is 0 Å². The molecule has 3 heterocycles. The van der Waals surface area contributed by atoms with E-state index in [0.717, 1.165) is 40.6 Å². The number of piperidine rings is 1. The second-order valence-corrected chi connectivity index (χ2v) is 8.39. The minimum Gasteiger partial charge on any atom is -0.300 e. The van der Waals surface area contributed by atoms with Crippen LogP contribution in [0.3, 0.4) is 0 Å². The Balaban J connectivity index is 1.26. The summed E-state index contributed by atoms with van der Waals surface area (Å²) in [4.78, 5) is 28.4. The highest BCUT2D eigenvalue weighted by molar-refractivity contribution is 5.88. The second-order valence-electron chi connectivity index (χ2n) is 8.39. The average molecular weight is 386 g/mol. The number of aromatic nitrogens is 3. The number of hydrogen-bond donors (Lipinski definition) is 0. The lowest BCUT2D eigenvalue weighted by molar-refractivity contribution is -0.127. The third-order valence-electron chi connectivity index (χ3n) is 6.47. The van der Waals surface area contributed by atoms with Gasteiger partial charge in [-0.25, -0.2) is 0 Å². The van der Waals surface area contributed by atoms with Crippen molar-refractivity contribution in [1.29, 1.82) is 0 Å². The Morgan fingerprint density at radius 3 is 2.62 bits per heavy atom. The van der Waals surface area contributed by atoms with Gasteiger partial charge in [-0.3, -0.25) is 19.7 Å². The first-order chi connectivity index (χ1) is 14.3. The topological polar surface area (TPSA) is 59.0 Å². The van der Waals surface area contributed by atoms with Crippen molar-refractivity contribution >= 4 is 16.6 Å². The molecule has 3 aromatic rings. The quantitative estimate of drug-likeness (QED) is 0.662. The highest BCUT2D eigenvalue weighted by Crippen LogP contribution is 2.34. The van der Waals surface area contributed by atoms with E-state index in [-0.39, 0.29) is 5.92 Å². The molecule has 0 spiro atoms. The minimum absolute atomic E-state index is 0.213. The number of Topliss-reactive ketones (excluding diaryl/α,β-unsaturated/α-hetero) is 1. The molecule has 1 aliphatic heterocycles. The summed E-state index contributed by atoms with van der Waals surface area (Å²) in [6.45, 7) is 2.43. The van der Waals surface area contributed by atoms with E-state index in [1.807, 2.05) is 24.4 Å². The van der Waals surface area contributed by atoms with Gasteiger partial charge in [-0.15, -0.1) is 0 Å². The number of ketones is 1. The molecule has 5 nitrogen and oxygen atoms in total. The number of rotatable bonds is 5. The van der Waals surface area contributed by atoms with E-state index in [2.05, 4.69) is 25.9 Å². The van der Waals surface area contributed by atoms with E-state index >= 15 is 0 Å². The molecule has 0 unspecified atom stereocenters. The van der Waals surface area contributed by atoms with E-state index in [9.17, 15) is 4.79 Å². The Morgan fingerprint density at radius 1 is 0.966 bits per heavy atom. The lowest BCUT2D eigenvalue weighted by Gasteiger charge is -2.44. The minimum atomic E-state index is 0.213. The molecule has 29 heavy (non-hydrogen) atoms. The Hall–Kier alpha value is -2.66. The molecule has 1 aromatic carbocycles. The first kappa shape index (κ1) is 18.4. The summed E-state index contributed by atoms with van der Waals surface area (Å²) in [5.74, 6) is 0.556. The maximum absolute atomic E-state index is 12.8. The van der Waals surface area contributed by atoms with Crippen LogP contribution in [-0.2, 0) is 11.2 Å². The van der Waals surface area contributed by atoms with Crippen LogP contribution >= 0.6 is 0 Å². The molecule has 0 bridgehead atoms. The van der Waals surface area contributed by atoms with E-state index in [1.165, 1.54) is 32.4 Å². The highest BCUT2D eigenvalue weighted by Gasteiger charge is 2.37. The fourth-order valence-corrected chi connectivity index (χ4v) is 4.65. The van der Waals surface area contributed by atoms with E-state index in [1.54, 1.807) is 18.6 Å². The van der Waals surface area contributed by atoms with Crippen molar-refractivity contribution in [3.05, 3.63) is 54.7 Å². The summed E-state index contributed by atoms with van der Waals surface area (Å²) in [6, 6.07) is 8.86. The number of carbonyl (C=O) groups excluding carboxylic acids is 1. The van der Waals surface area contributed by atoms with Crippen LogP contribution in [0.2, 0.25) is 0 Å². The third kappa shape index (κ3) is 3.92. The van der Waals surface area contributed by atoms with Crippen LogP contribution in [0, 0.1) is 5.92 Å². The van der Waals surface area contributed by atoms with Crippen LogP contribution in [0.5, 0.6) is 0 Å². The van der Waals surface area contributed by atoms with Gasteiger partial charge < -0.3 is 4.90 Å². The molecule has 2 fully saturated rings. The van der Waals surface area contributed by atoms with E-state index in [0.29, 0.717) is 18.2 Å². The average Bonchev–Trinajstić information content (AvgIpc) is 2.73. The van der Waals surface area contributed by atoms with Gasteiger partial charge in [0, 0.05) is 53.6 Å². The lowest BCUT2D eigenvalue weighted by Crippen LogP contribution is -2.49. The van der Waals surface area contributed by atoms with Crippen molar-refractivity contribution in [2.24, 2.45) is 5.92 Å². The molecule has 0 radical (unpaired) electrons. The number of benzene rings is 1. The number of carbonyl (C=O) groups is 1. The molecular formula is C24H26N4O. The Bertz CT molecular complexity index is 1010. The molecule has 1 aliphatic carbocycles. The SMILES string of the molecule is O=C(Cc1cc2cc(-c3cnccn3)ccc2cn1)C1CC(N2CCCCC2)C1. The number of nitrogens with zero attached hydrogens (tertiary/aromatic N) is 4. The molecule has 0 N–H and O–H groups in total. The smallest absolute Gasteiger partial charge is 0.142 e. The van der Waals surface area contributed by atoms with Crippen molar-refractivity contribution in [1.82, 2.24) is 19.9 Å². The molecule has 5 heteroatoms. The van der Waals surface area contributed by atoms with Crippen LogP contribution in [0.15, 0.2) is 49.1 Å². The van der Waals surface area contributed by atoms with Gasteiger partial charge in [0.1, 0.15) is 5.78 Å². The Morgan fingerprint density at radius 2 is 1.83 bits per heavy atom. The molecule has 148 valence electrons. The summed E-state index contributed by atoms with van der Waals surface area (Å²) in [5.41, 5.74) is 2.74. The number of hydrogen-bond acceptors (Lipinski definition) is 5. The zero-order valence-corrected chi connectivity index (χ0v) is 16.6. The van der Waals surface area contributed by atoms with Gasteiger partial charge in [-0.1, -0.05) is 18.6 Å². The van der Waals surface area contributed by atoms with Crippen LogP contribution in [0.4, 0.5) is 0 Å². The summed E-state index contributed by atoms with van der Waals surface area (Å²) in [6.07, 6.45) is 13.5. The first-order valence-electron chi connectivity index (χ1n) is 10.7. The fourth-order valence-electron chi connectivity index (χ4n) is 4.65. The predicted molar refractivity (Wildman–Crippen MR) is 113 cm³/mol. The van der Waals surface area contributed by atoms with Crippen molar-refractivity contribution in [3.8, 4) is 11.3 Å². The third-order valence-corrected chi connectivity index (χ3v) is 6.47. The van der Waals surface area contributed by atoms with Crippen molar-refractivity contribution in [2.75, 3.05) is 13.1 Å². The monoisotopic (exact) mass is 386 g/mol. The number of pyridine rings is 1. The van der Waals surface area contributed by atoms with Gasteiger partial charge in [-0.05, 0) is 56.3 Å². The van der Waals surface area contributed by atoms with Crippen LogP contribution in [0.1, 0.15) is 37.8 Å². The van der Waals surface area contributed by atoms with Gasteiger partial charge in [0.2, 0.25) is 0 Å². The predicted octanol–water partition coefficient (Wildman–Crippen LogP) is 4.07. The van der Waals surface area contributed by atoms with E-state index < -0.39 is 0 Å². The maximum Gasteiger partial charge on any atom is 0.142 e. The summed E-state index contributed by atoms with van der Waals surface area (Å²) in [5, 5.41) is 2.16. The lowest BCUT2D eigenvalue weighted by atomic mass is 9.75. The Kier molecular flexibility index (Phi) is 5.06. The first-order valence-corrected chi connectivity index (χ1v) is 10.7. The van der Waals surface area contributed by atoms with Gasteiger partial charge in [0.15, 0.2) is 0 Å². The molecule has 1 saturated heterocycles. The normalized spacial score (nSPS) is 22.3. The standard InChI is InChI=1S/C24H26N4O/c29-24(20-12-22(13-20)28-8-2-1-3-9-28)14-21-11-19-10-17(4-5-18(19)15-27-21)23-16-25-6-7-26-23/h4-7,10-11,15-16,20,22H,1-3,8-9,12-14H2. The zero-order valence-electron chi connectivity index (χ0n) is 16.6. The van der Waals surface area contributed by atoms with Crippen molar-refractivity contribution in [2.45, 2.75) is 44.6 Å². The van der Waals surface area contributed by atoms with Gasteiger partial charge in [0.25, 0.3) is 0 Å². The molecule has 1 saturated carbocycles. The molecule has 2 aromatic heterocycles. The largest absolute Gasteiger partial charge is 0.300 e. The van der Waals surface area contributed by atoms with Crippen molar-refractivity contribution < 1.29 is 4.79 Å². The summed E-state index contributed by atoms with van der Waals surface area (Å²) in [7, 11) is 0. The molecule has 2 aliphatic rings. The molecular weight excluding hydrogens is 360 g/mol. The number of fused-ring (bicyclic) bond motifs is 1. The van der Waals surface area contributed by atoms with Gasteiger partial charge in [-0.2, -0.15) is 0 Å². The fraction of sp³-hybridized carbons (Fsp3) is 0.417. The van der Waals surface area contributed by atoms with Crippen molar-refractivity contribution in [3.63, 3.8) is 0 Å². The second kappa shape index (κ2) is 7.99. The van der Waals surface area contributed by atoms with Crippen LogP contribution in [0.25, 0.3) is 22.0 Å².